The van der Waals surface area contributed by atoms with Crippen LogP contribution in [0.1, 0.15) is 46.0 Å². The van der Waals surface area contributed by atoms with E-state index in [-0.39, 0.29) is 12.8 Å². The van der Waals surface area contributed by atoms with Gasteiger partial charge in [-0.1, -0.05) is 13.8 Å². The zero-order valence-electron chi connectivity index (χ0n) is 21.0. The van der Waals surface area contributed by atoms with Crippen molar-refractivity contribution in [1.82, 2.24) is 0 Å². The summed E-state index contributed by atoms with van der Waals surface area (Å²) < 4.78 is 58.9. The number of ether oxygens (including phenoxy) is 2. The number of phosphoric ester groups is 2. The second-order valence-electron chi connectivity index (χ2n) is 8.61. The Morgan fingerprint density at radius 3 is 1.67 bits per heavy atom. The van der Waals surface area contributed by atoms with E-state index in [0.29, 0.717) is 12.8 Å². The van der Waals surface area contributed by atoms with Gasteiger partial charge in [0.05, 0.1) is 6.16 Å². The highest BCUT2D eigenvalue weighted by Gasteiger charge is 2.56. The van der Waals surface area contributed by atoms with Gasteiger partial charge in [-0.05, 0) is 19.3 Å². The molecule has 1 saturated carbocycles. The quantitative estimate of drug-likeness (QED) is 0.0751. The molecule has 0 saturated heterocycles. The number of rotatable bonds is 16. The Kier molecular flexibility index (Phi) is 14.3. The number of hydrogen-bond donors (Lipinski definition) is 8. The molecule has 0 radical (unpaired) electrons. The van der Waals surface area contributed by atoms with Crippen LogP contribution in [0.15, 0.2) is 0 Å². The Labute approximate surface area is 223 Å². The van der Waals surface area contributed by atoms with Crippen LogP contribution in [-0.4, -0.2) is 107 Å². The summed E-state index contributed by atoms with van der Waals surface area (Å²) in [6.07, 6.45) is -15.9. The van der Waals surface area contributed by atoms with Crippen LogP contribution in [0.5, 0.6) is 0 Å². The average molecular weight is 632 g/mol. The molecule has 0 bridgehead atoms. The van der Waals surface area contributed by atoms with E-state index < -0.39 is 97.1 Å². The lowest BCUT2D eigenvalue weighted by Gasteiger charge is -2.44. The molecule has 0 heterocycles. The molecular formula is C18H35O18P3. The summed E-state index contributed by atoms with van der Waals surface area (Å²) >= 11 is 0. The minimum Gasteiger partial charge on any atom is -0.462 e. The predicted octanol–water partition coefficient (Wildman–Crippen LogP) is -0.946. The van der Waals surface area contributed by atoms with Crippen LogP contribution in [0.3, 0.4) is 0 Å². The summed E-state index contributed by atoms with van der Waals surface area (Å²) in [6, 6.07) is 0. The van der Waals surface area contributed by atoms with Gasteiger partial charge in [0.15, 0.2) is 0 Å². The molecular weight excluding hydrogens is 597 g/mol. The van der Waals surface area contributed by atoms with Gasteiger partial charge < -0.3 is 49.3 Å². The highest BCUT2D eigenvalue weighted by molar-refractivity contribution is 7.52. The van der Waals surface area contributed by atoms with Crippen molar-refractivity contribution in [2.24, 2.45) is 0 Å². The van der Waals surface area contributed by atoms with Gasteiger partial charge in [-0.25, -0.2) is 9.13 Å². The standard InChI is InChI=1S/C18H35O18P3/c1-3-5-11(19)32-9-10(33-12(20)6-4-2)7-8-37(24,25)34-16-13(21)14(22)17(35-38(26,27)28)18(15(16)23)36-39(29,30)31/h10,13-18,21-23H,3-9H2,1-2H3,(H,24,25)(H2,26,27,28)(H2,29,30,31)/t10-,13+,14-,15-,16+,17+,18+/m0/s1. The minimum absolute atomic E-state index is 0.00382. The number of aliphatic hydroxyl groups excluding tert-OH is 3. The number of phosphoric acid groups is 2. The number of carbonyl (C=O) groups is 2. The summed E-state index contributed by atoms with van der Waals surface area (Å²) in [7, 11) is -15.9. The molecule has 1 aliphatic rings. The van der Waals surface area contributed by atoms with E-state index in [4.69, 9.17) is 33.6 Å². The maximum absolute atomic E-state index is 12.8. The van der Waals surface area contributed by atoms with Crippen LogP contribution in [0, 0.1) is 0 Å². The van der Waals surface area contributed by atoms with Gasteiger partial charge in [0.25, 0.3) is 0 Å². The zero-order valence-corrected chi connectivity index (χ0v) is 23.7. The predicted molar refractivity (Wildman–Crippen MR) is 127 cm³/mol. The lowest BCUT2D eigenvalue weighted by Crippen LogP contribution is -2.65. The molecule has 0 aliphatic heterocycles. The van der Waals surface area contributed by atoms with E-state index in [9.17, 15) is 43.5 Å². The summed E-state index contributed by atoms with van der Waals surface area (Å²) in [4.78, 5) is 70.2. The fourth-order valence-corrected chi connectivity index (χ4v) is 5.96. The van der Waals surface area contributed by atoms with Gasteiger partial charge in [0.1, 0.15) is 49.3 Å². The molecule has 18 nitrogen and oxygen atoms in total. The van der Waals surface area contributed by atoms with Crippen molar-refractivity contribution in [3.8, 4) is 0 Å². The van der Waals surface area contributed by atoms with Crippen LogP contribution in [0.4, 0.5) is 0 Å². The second-order valence-corrected chi connectivity index (χ2v) is 12.9. The largest absolute Gasteiger partial charge is 0.470 e. The Balaban J connectivity index is 3.07. The van der Waals surface area contributed by atoms with Crippen LogP contribution in [-0.2, 0) is 46.3 Å². The highest BCUT2D eigenvalue weighted by Crippen LogP contribution is 2.51. The molecule has 39 heavy (non-hydrogen) atoms. The van der Waals surface area contributed by atoms with Gasteiger partial charge in [-0.3, -0.25) is 27.7 Å². The third-order valence-electron chi connectivity index (χ3n) is 5.19. The van der Waals surface area contributed by atoms with Crippen LogP contribution < -0.4 is 0 Å². The summed E-state index contributed by atoms with van der Waals surface area (Å²) in [6.45, 7) is 2.96. The van der Waals surface area contributed by atoms with Crippen LogP contribution in [0.2, 0.25) is 0 Å². The summed E-state index contributed by atoms with van der Waals surface area (Å²) in [5.41, 5.74) is 0. The van der Waals surface area contributed by atoms with Crippen molar-refractivity contribution in [3.63, 3.8) is 0 Å². The lowest BCUT2D eigenvalue weighted by molar-refractivity contribution is -0.210. The zero-order chi connectivity index (χ0) is 30.2. The molecule has 1 aliphatic carbocycles. The van der Waals surface area contributed by atoms with E-state index >= 15 is 0 Å². The second kappa shape index (κ2) is 15.4. The third-order valence-corrected chi connectivity index (χ3v) is 7.63. The Bertz CT molecular complexity index is 948. The highest BCUT2D eigenvalue weighted by atomic mass is 31.2. The maximum Gasteiger partial charge on any atom is 0.470 e. The fourth-order valence-electron chi connectivity index (χ4n) is 3.49. The van der Waals surface area contributed by atoms with Gasteiger partial charge in [-0.15, -0.1) is 0 Å². The first-order valence-electron chi connectivity index (χ1n) is 11.7. The molecule has 8 atom stereocenters. The van der Waals surface area contributed by atoms with Gasteiger partial charge in [0, 0.05) is 12.8 Å². The lowest BCUT2D eigenvalue weighted by atomic mass is 9.85. The van der Waals surface area contributed by atoms with Gasteiger partial charge in [-0.2, -0.15) is 0 Å². The first kappa shape index (κ1) is 36.2. The third kappa shape index (κ3) is 13.1. The number of aliphatic hydroxyl groups is 3. The SMILES string of the molecule is CCCC(=O)OC[C@H](CCP(=O)(O)O[C@@H]1[C@H](O)[C@H](O)[C@@H](OP(=O)(O)O)[C@H](OP(=O)(O)O)[C@H]1O)OC(=O)CCC. The minimum atomic E-state index is -5.53. The molecule has 230 valence electrons. The Morgan fingerprint density at radius 2 is 1.18 bits per heavy atom. The molecule has 0 aromatic heterocycles. The van der Waals surface area contributed by atoms with Crippen molar-refractivity contribution in [2.45, 2.75) is 88.7 Å². The number of hydrogen-bond acceptors (Lipinski definition) is 13. The average Bonchev–Trinajstić information content (AvgIpc) is 2.78. The molecule has 0 amide bonds. The maximum atomic E-state index is 12.8. The smallest absolute Gasteiger partial charge is 0.462 e. The molecule has 1 unspecified atom stereocenters. The van der Waals surface area contributed by atoms with Crippen molar-refractivity contribution >= 4 is 35.2 Å². The van der Waals surface area contributed by atoms with E-state index in [0.717, 1.165) is 0 Å². The van der Waals surface area contributed by atoms with Crippen molar-refractivity contribution < 1.29 is 86.1 Å². The Hall–Kier alpha value is -0.810. The molecule has 8 N–H and O–H groups in total. The summed E-state index contributed by atoms with van der Waals surface area (Å²) in [5, 5.41) is 31.1. The molecule has 0 spiro atoms. The molecule has 1 fully saturated rings. The fraction of sp³-hybridized carbons (Fsp3) is 0.889. The molecule has 0 aromatic carbocycles. The van der Waals surface area contributed by atoms with Crippen LogP contribution >= 0.6 is 23.2 Å². The molecule has 21 heteroatoms. The van der Waals surface area contributed by atoms with Gasteiger partial charge >= 0.3 is 35.2 Å². The number of esters is 2. The van der Waals surface area contributed by atoms with Crippen molar-refractivity contribution in [3.05, 3.63) is 0 Å². The van der Waals surface area contributed by atoms with Gasteiger partial charge in [0.2, 0.25) is 0 Å². The Morgan fingerprint density at radius 1 is 0.718 bits per heavy atom. The number of carbonyl (C=O) groups excluding carboxylic acids is 2. The van der Waals surface area contributed by atoms with Crippen molar-refractivity contribution in [2.75, 3.05) is 12.8 Å². The summed E-state index contributed by atoms with van der Waals surface area (Å²) in [5.74, 6) is -1.29. The van der Waals surface area contributed by atoms with E-state index in [1.165, 1.54) is 0 Å². The molecule has 1 rings (SSSR count). The van der Waals surface area contributed by atoms with E-state index in [2.05, 4.69) is 9.05 Å². The molecule has 0 aromatic rings. The topological polar surface area (TPSA) is 293 Å². The van der Waals surface area contributed by atoms with Crippen LogP contribution in [0.25, 0.3) is 0 Å². The van der Waals surface area contributed by atoms with Crippen molar-refractivity contribution in [1.29, 1.82) is 0 Å². The first-order chi connectivity index (χ1) is 17.8. The van der Waals surface area contributed by atoms with E-state index in [1.54, 1.807) is 13.8 Å². The normalized spacial score (nSPS) is 28.4. The monoisotopic (exact) mass is 632 g/mol. The first-order valence-corrected chi connectivity index (χ1v) is 16.5. The van der Waals surface area contributed by atoms with E-state index in [1.807, 2.05) is 0 Å².